The molecule has 11 heteroatoms. The lowest BCUT2D eigenvalue weighted by atomic mass is 9.94. The molecule has 0 bridgehead atoms. The van der Waals surface area contributed by atoms with Crippen LogP contribution in [-0.2, 0) is 4.79 Å². The SMILES string of the molecule is CCCCSc1nc2n(n1)C(c1cc(Br)c(OCCC(C)C)c(OC)c1)C(C(=O)Nc1ccccc1OCC)=C(C)N2. The number of para-hydroxylation sites is 2. The third-order valence-corrected chi connectivity index (χ3v) is 8.26. The van der Waals surface area contributed by atoms with E-state index in [1.165, 1.54) is 0 Å². The van der Waals surface area contributed by atoms with Crippen molar-refractivity contribution in [1.82, 2.24) is 14.8 Å². The number of hydrogen-bond acceptors (Lipinski definition) is 8. The summed E-state index contributed by atoms with van der Waals surface area (Å²) in [5.41, 5.74) is 2.58. The lowest BCUT2D eigenvalue weighted by Gasteiger charge is -2.29. The van der Waals surface area contributed by atoms with Gasteiger partial charge >= 0.3 is 0 Å². The van der Waals surface area contributed by atoms with Crippen LogP contribution in [-0.4, -0.2) is 46.7 Å². The molecule has 1 amide bonds. The Bertz CT molecular complexity index is 1420. The first-order chi connectivity index (χ1) is 20.3. The van der Waals surface area contributed by atoms with Crippen LogP contribution < -0.4 is 24.8 Å². The number of thioether (sulfide) groups is 1. The summed E-state index contributed by atoms with van der Waals surface area (Å²) in [6.45, 7) is 11.3. The number of rotatable bonds is 14. The first-order valence-corrected chi connectivity index (χ1v) is 16.2. The van der Waals surface area contributed by atoms with Gasteiger partial charge in [-0.2, -0.15) is 4.98 Å². The van der Waals surface area contributed by atoms with Crippen molar-refractivity contribution >= 4 is 45.2 Å². The number of unbranched alkanes of at least 4 members (excludes halogenated alkanes) is 1. The molecule has 0 aliphatic carbocycles. The minimum atomic E-state index is -0.580. The van der Waals surface area contributed by atoms with E-state index in [1.807, 2.05) is 50.2 Å². The highest BCUT2D eigenvalue weighted by molar-refractivity contribution is 9.10. The van der Waals surface area contributed by atoms with Crippen LogP contribution in [0.4, 0.5) is 11.6 Å². The van der Waals surface area contributed by atoms with Crippen molar-refractivity contribution < 1.29 is 19.0 Å². The molecule has 1 atom stereocenters. The molecule has 226 valence electrons. The number of aromatic nitrogens is 3. The molecule has 9 nitrogen and oxygen atoms in total. The standard InChI is InChI=1S/C31H40BrN5O4S/c1-7-9-16-42-31-35-30-33-20(5)26(29(38)34-23-12-10-11-13-24(23)40-8-2)27(37(30)36-31)21-17-22(32)28(25(18-21)39-6)41-15-14-19(3)4/h10-13,17-19,27H,7-9,14-16H2,1-6H3,(H,34,38)(H,33,35,36). The number of nitrogens with zero attached hydrogens (tertiary/aromatic N) is 3. The van der Waals surface area contributed by atoms with Crippen LogP contribution in [0.2, 0.25) is 0 Å². The van der Waals surface area contributed by atoms with E-state index >= 15 is 0 Å². The van der Waals surface area contributed by atoms with E-state index in [9.17, 15) is 4.79 Å². The Hall–Kier alpha value is -3.18. The molecule has 2 heterocycles. The molecule has 0 saturated carbocycles. The summed E-state index contributed by atoms with van der Waals surface area (Å²) in [5, 5.41) is 11.9. The fraction of sp³-hybridized carbons (Fsp3) is 0.452. The van der Waals surface area contributed by atoms with Crippen molar-refractivity contribution in [2.75, 3.05) is 36.7 Å². The van der Waals surface area contributed by atoms with Gasteiger partial charge in [-0.05, 0) is 78.4 Å². The van der Waals surface area contributed by atoms with Crippen molar-refractivity contribution in [2.45, 2.75) is 65.1 Å². The lowest BCUT2D eigenvalue weighted by molar-refractivity contribution is -0.113. The highest BCUT2D eigenvalue weighted by atomic mass is 79.9. The van der Waals surface area contributed by atoms with Crippen molar-refractivity contribution in [3.8, 4) is 17.2 Å². The Balaban J connectivity index is 1.77. The summed E-state index contributed by atoms with van der Waals surface area (Å²) >= 11 is 5.32. The van der Waals surface area contributed by atoms with Gasteiger partial charge in [-0.1, -0.05) is 51.1 Å². The molecule has 1 aromatic heterocycles. The number of methoxy groups -OCH3 is 1. The Morgan fingerprint density at radius 3 is 2.69 bits per heavy atom. The van der Waals surface area contributed by atoms with Crippen LogP contribution in [0.15, 0.2) is 57.3 Å². The zero-order valence-electron chi connectivity index (χ0n) is 25.1. The molecule has 1 aliphatic rings. The predicted molar refractivity (Wildman–Crippen MR) is 172 cm³/mol. The van der Waals surface area contributed by atoms with Gasteiger partial charge in [0, 0.05) is 11.4 Å². The highest BCUT2D eigenvalue weighted by Crippen LogP contribution is 2.43. The monoisotopic (exact) mass is 657 g/mol. The molecule has 0 spiro atoms. The van der Waals surface area contributed by atoms with E-state index in [0.717, 1.165) is 35.1 Å². The molecule has 0 fully saturated rings. The highest BCUT2D eigenvalue weighted by Gasteiger charge is 2.35. The van der Waals surface area contributed by atoms with Gasteiger partial charge in [0.2, 0.25) is 11.1 Å². The number of amides is 1. The largest absolute Gasteiger partial charge is 0.493 e. The molecular weight excluding hydrogens is 618 g/mol. The number of halogens is 1. The summed E-state index contributed by atoms with van der Waals surface area (Å²) in [6.07, 6.45) is 3.08. The first-order valence-electron chi connectivity index (χ1n) is 14.4. The number of anilines is 2. The maximum Gasteiger partial charge on any atom is 0.255 e. The van der Waals surface area contributed by atoms with Crippen molar-refractivity contribution in [3.05, 3.63) is 57.7 Å². The number of carbonyl (C=O) groups excluding carboxylic acids is 1. The van der Waals surface area contributed by atoms with Gasteiger partial charge in [-0.25, -0.2) is 4.68 Å². The van der Waals surface area contributed by atoms with Crippen LogP contribution in [0.25, 0.3) is 0 Å². The Kier molecular flexibility index (Phi) is 11.2. The molecule has 1 unspecified atom stereocenters. The van der Waals surface area contributed by atoms with Crippen molar-refractivity contribution in [3.63, 3.8) is 0 Å². The second kappa shape index (κ2) is 14.8. The minimum absolute atomic E-state index is 0.272. The second-order valence-corrected chi connectivity index (χ2v) is 12.3. The number of nitrogens with one attached hydrogen (secondary N) is 2. The van der Waals surface area contributed by atoms with Gasteiger partial charge in [-0.15, -0.1) is 5.10 Å². The number of hydrogen-bond donors (Lipinski definition) is 2. The summed E-state index contributed by atoms with van der Waals surface area (Å²) < 4.78 is 20.2. The lowest BCUT2D eigenvalue weighted by Crippen LogP contribution is -2.31. The topological polar surface area (TPSA) is 99.5 Å². The molecule has 42 heavy (non-hydrogen) atoms. The third kappa shape index (κ3) is 7.42. The zero-order valence-corrected chi connectivity index (χ0v) is 27.5. The number of carbonyl (C=O) groups is 1. The van der Waals surface area contributed by atoms with Gasteiger partial charge in [-0.3, -0.25) is 4.79 Å². The molecule has 1 aliphatic heterocycles. The van der Waals surface area contributed by atoms with E-state index < -0.39 is 6.04 Å². The predicted octanol–water partition coefficient (Wildman–Crippen LogP) is 7.69. The second-order valence-electron chi connectivity index (χ2n) is 10.4. The molecule has 3 aromatic rings. The fourth-order valence-corrected chi connectivity index (χ4v) is 6.06. The maximum absolute atomic E-state index is 14.1. The first kappa shape index (κ1) is 31.7. The van der Waals surface area contributed by atoms with Crippen LogP contribution in [0, 0.1) is 5.92 Å². The van der Waals surface area contributed by atoms with Gasteiger partial charge in [0.1, 0.15) is 11.8 Å². The third-order valence-electron chi connectivity index (χ3n) is 6.75. The van der Waals surface area contributed by atoms with Gasteiger partial charge in [0.15, 0.2) is 11.5 Å². The maximum atomic E-state index is 14.1. The van der Waals surface area contributed by atoms with Gasteiger partial charge < -0.3 is 24.8 Å². The Morgan fingerprint density at radius 2 is 1.98 bits per heavy atom. The van der Waals surface area contributed by atoms with Crippen LogP contribution in [0.1, 0.15) is 65.5 Å². The molecule has 2 aromatic carbocycles. The fourth-order valence-electron chi connectivity index (χ4n) is 4.58. The van der Waals surface area contributed by atoms with E-state index in [-0.39, 0.29) is 5.91 Å². The number of ether oxygens (including phenoxy) is 3. The molecular formula is C31H40BrN5O4S. The van der Waals surface area contributed by atoms with Crippen LogP contribution in [0.3, 0.4) is 0 Å². The molecule has 0 radical (unpaired) electrons. The van der Waals surface area contributed by atoms with E-state index in [2.05, 4.69) is 47.3 Å². The van der Waals surface area contributed by atoms with E-state index in [0.29, 0.717) is 64.4 Å². The number of fused-ring (bicyclic) bond motifs is 1. The molecule has 2 N–H and O–H groups in total. The van der Waals surface area contributed by atoms with Gasteiger partial charge in [0.05, 0.1) is 36.1 Å². The average molecular weight is 659 g/mol. The zero-order chi connectivity index (χ0) is 30.2. The minimum Gasteiger partial charge on any atom is -0.493 e. The summed E-state index contributed by atoms with van der Waals surface area (Å²) in [4.78, 5) is 18.8. The van der Waals surface area contributed by atoms with Gasteiger partial charge in [0.25, 0.3) is 5.91 Å². The van der Waals surface area contributed by atoms with E-state index in [1.54, 1.807) is 23.6 Å². The van der Waals surface area contributed by atoms with Crippen LogP contribution >= 0.6 is 27.7 Å². The Labute approximate surface area is 260 Å². The number of allylic oxidation sites excluding steroid dienone is 1. The number of benzene rings is 2. The van der Waals surface area contributed by atoms with Crippen molar-refractivity contribution in [1.29, 1.82) is 0 Å². The van der Waals surface area contributed by atoms with Crippen molar-refractivity contribution in [2.24, 2.45) is 5.92 Å². The normalized spacial score (nSPS) is 14.4. The smallest absolute Gasteiger partial charge is 0.255 e. The quantitative estimate of drug-likeness (QED) is 0.134. The Morgan fingerprint density at radius 1 is 1.19 bits per heavy atom. The molecule has 4 rings (SSSR count). The molecule has 0 saturated heterocycles. The average Bonchev–Trinajstić information content (AvgIpc) is 3.36. The summed E-state index contributed by atoms with van der Waals surface area (Å²) in [6, 6.07) is 10.7. The van der Waals surface area contributed by atoms with Crippen LogP contribution in [0.5, 0.6) is 17.2 Å². The summed E-state index contributed by atoms with van der Waals surface area (Å²) in [5.74, 6) is 3.54. The summed E-state index contributed by atoms with van der Waals surface area (Å²) in [7, 11) is 1.62. The van der Waals surface area contributed by atoms with E-state index in [4.69, 9.17) is 24.3 Å².